The summed E-state index contributed by atoms with van der Waals surface area (Å²) in [6, 6.07) is 5.68. The number of hydroxylamine groups is 2. The first-order chi connectivity index (χ1) is 11.3. The van der Waals surface area contributed by atoms with E-state index in [1.807, 2.05) is 20.8 Å². The summed E-state index contributed by atoms with van der Waals surface area (Å²) in [4.78, 5) is 5.67. The summed E-state index contributed by atoms with van der Waals surface area (Å²) in [5.41, 5.74) is -2.68. The van der Waals surface area contributed by atoms with Crippen molar-refractivity contribution in [2.24, 2.45) is 11.3 Å². The van der Waals surface area contributed by atoms with Gasteiger partial charge in [-0.3, -0.25) is 4.84 Å². The number of hydrogen-bond donors (Lipinski definition) is 0. The minimum atomic E-state index is -4.02. The molecule has 3 rings (SSSR count). The van der Waals surface area contributed by atoms with E-state index in [1.165, 1.54) is 31.0 Å². The molecule has 0 amide bonds. The van der Waals surface area contributed by atoms with Gasteiger partial charge < -0.3 is 0 Å². The monoisotopic (exact) mass is 373 g/mol. The lowest BCUT2D eigenvalue weighted by Crippen LogP contribution is -2.47. The Hall–Kier alpha value is -1.05. The predicted octanol–water partition coefficient (Wildman–Crippen LogP) is 3.45. The second kappa shape index (κ2) is 5.24. The molecule has 1 saturated carbocycles. The molecule has 3 atom stereocenters. The Kier molecular flexibility index (Phi) is 3.92. The highest BCUT2D eigenvalue weighted by atomic mass is 32.2. The molecule has 25 heavy (non-hydrogen) atoms. The first kappa shape index (κ1) is 18.7. The summed E-state index contributed by atoms with van der Waals surface area (Å²) < 4.78 is 56.4. The zero-order valence-corrected chi connectivity index (χ0v) is 16.2. The first-order valence-electron chi connectivity index (χ1n) is 8.42. The SMILES string of the molecule is Cc1ccc(S(=O)(=O)[C@@H]2[C@@H](C(C)C)N(C)O[C@]23C(C)(C)C3(F)F)cc1. The van der Waals surface area contributed by atoms with Crippen LogP contribution in [0.1, 0.15) is 33.3 Å². The Morgan fingerprint density at radius 1 is 1.16 bits per heavy atom. The van der Waals surface area contributed by atoms with Crippen LogP contribution in [0.15, 0.2) is 29.2 Å². The minimum absolute atomic E-state index is 0.0607. The molecule has 0 unspecified atom stereocenters. The molecule has 2 aliphatic rings. The molecule has 0 radical (unpaired) electrons. The minimum Gasteiger partial charge on any atom is -0.284 e. The number of nitrogens with zero attached hydrogens (tertiary/aromatic N) is 1. The molecule has 1 aliphatic heterocycles. The third-order valence-corrected chi connectivity index (χ3v) is 8.11. The third kappa shape index (κ3) is 2.12. The van der Waals surface area contributed by atoms with Crippen molar-refractivity contribution in [3.63, 3.8) is 0 Å². The van der Waals surface area contributed by atoms with Gasteiger partial charge in [0.15, 0.2) is 15.4 Å². The second-order valence-electron chi connectivity index (χ2n) is 8.09. The van der Waals surface area contributed by atoms with Gasteiger partial charge in [-0.2, -0.15) is 5.06 Å². The van der Waals surface area contributed by atoms with Crippen molar-refractivity contribution < 1.29 is 22.0 Å². The smallest absolute Gasteiger partial charge is 0.284 e. The lowest BCUT2D eigenvalue weighted by Gasteiger charge is -2.27. The van der Waals surface area contributed by atoms with E-state index in [2.05, 4.69) is 0 Å². The largest absolute Gasteiger partial charge is 0.288 e. The van der Waals surface area contributed by atoms with E-state index < -0.39 is 38.1 Å². The molecule has 1 spiro atoms. The van der Waals surface area contributed by atoms with E-state index in [4.69, 9.17) is 4.84 Å². The normalized spacial score (nSPS) is 34.0. The molecule has 140 valence electrons. The summed E-state index contributed by atoms with van der Waals surface area (Å²) in [5.74, 6) is -3.39. The Bertz CT molecular complexity index is 773. The van der Waals surface area contributed by atoms with Crippen LogP contribution in [-0.2, 0) is 14.7 Å². The lowest BCUT2D eigenvalue weighted by molar-refractivity contribution is -0.186. The standard InChI is InChI=1S/C18H25F2NO3S/c1-11(2)14-15(25(22,23)13-9-7-12(3)8-10-13)17(24-21(14)6)16(4,5)18(17,19)20/h7-11,14-15H,1-6H3/t14-,15-,17+/m1/s1. The van der Waals surface area contributed by atoms with Crippen LogP contribution in [0, 0.1) is 18.3 Å². The van der Waals surface area contributed by atoms with Crippen molar-refractivity contribution in [1.82, 2.24) is 5.06 Å². The second-order valence-corrected chi connectivity index (χ2v) is 10.2. The summed E-state index contributed by atoms with van der Waals surface area (Å²) in [5, 5.41) is -0.0123. The van der Waals surface area contributed by atoms with Crippen LogP contribution in [-0.4, -0.2) is 43.3 Å². The van der Waals surface area contributed by atoms with E-state index in [1.54, 1.807) is 19.2 Å². The molecule has 1 aromatic rings. The van der Waals surface area contributed by atoms with Crippen molar-refractivity contribution >= 4 is 9.84 Å². The van der Waals surface area contributed by atoms with Gasteiger partial charge in [-0.25, -0.2) is 17.2 Å². The highest BCUT2D eigenvalue weighted by Crippen LogP contribution is 2.75. The fraction of sp³-hybridized carbons (Fsp3) is 0.667. The van der Waals surface area contributed by atoms with Crippen LogP contribution in [0.4, 0.5) is 8.78 Å². The Morgan fingerprint density at radius 3 is 2.04 bits per heavy atom. The van der Waals surface area contributed by atoms with Crippen molar-refractivity contribution in [2.75, 3.05) is 7.05 Å². The van der Waals surface area contributed by atoms with Crippen LogP contribution >= 0.6 is 0 Å². The summed E-state index contributed by atoms with van der Waals surface area (Å²) in [6.07, 6.45) is 0. The van der Waals surface area contributed by atoms with Crippen molar-refractivity contribution in [3.05, 3.63) is 29.8 Å². The fourth-order valence-corrected chi connectivity index (χ4v) is 6.87. The molecule has 2 fully saturated rings. The maximum Gasteiger partial charge on any atom is 0.288 e. The van der Waals surface area contributed by atoms with Crippen LogP contribution in [0.2, 0.25) is 0 Å². The number of alkyl halides is 2. The number of aryl methyl sites for hydroxylation is 1. The molecule has 0 N–H and O–H groups in total. The molecule has 7 heteroatoms. The molecular formula is C18H25F2NO3S. The van der Waals surface area contributed by atoms with Gasteiger partial charge in [-0.05, 0) is 25.0 Å². The van der Waals surface area contributed by atoms with Crippen molar-refractivity contribution in [3.8, 4) is 0 Å². The Morgan fingerprint density at radius 2 is 1.64 bits per heavy atom. The molecular weight excluding hydrogens is 348 g/mol. The maximum absolute atomic E-state index is 14.8. The van der Waals surface area contributed by atoms with Gasteiger partial charge in [-0.15, -0.1) is 0 Å². The van der Waals surface area contributed by atoms with Gasteiger partial charge in [0.25, 0.3) is 5.92 Å². The highest BCUT2D eigenvalue weighted by Gasteiger charge is 2.95. The molecule has 1 aliphatic carbocycles. The van der Waals surface area contributed by atoms with Gasteiger partial charge in [0.05, 0.1) is 16.4 Å². The fourth-order valence-electron chi connectivity index (χ4n) is 4.29. The number of halogens is 2. The molecule has 1 aromatic carbocycles. The van der Waals surface area contributed by atoms with Gasteiger partial charge >= 0.3 is 0 Å². The average Bonchev–Trinajstić information content (AvgIpc) is 2.76. The Balaban J connectivity index is 2.20. The highest BCUT2D eigenvalue weighted by molar-refractivity contribution is 7.92. The van der Waals surface area contributed by atoms with E-state index in [0.717, 1.165) is 5.56 Å². The molecule has 0 aromatic heterocycles. The third-order valence-electron chi connectivity index (χ3n) is 5.90. The average molecular weight is 373 g/mol. The van der Waals surface area contributed by atoms with Crippen LogP contribution in [0.5, 0.6) is 0 Å². The van der Waals surface area contributed by atoms with Crippen LogP contribution in [0.25, 0.3) is 0 Å². The Labute approximate surface area is 148 Å². The van der Waals surface area contributed by atoms with Crippen molar-refractivity contribution in [2.45, 2.75) is 62.3 Å². The zero-order valence-electron chi connectivity index (χ0n) is 15.4. The van der Waals surface area contributed by atoms with E-state index in [0.29, 0.717) is 0 Å². The van der Waals surface area contributed by atoms with Crippen LogP contribution in [0.3, 0.4) is 0 Å². The number of rotatable bonds is 3. The number of sulfone groups is 1. The zero-order chi connectivity index (χ0) is 19.0. The summed E-state index contributed by atoms with van der Waals surface area (Å²) in [7, 11) is -2.47. The van der Waals surface area contributed by atoms with E-state index in [-0.39, 0.29) is 10.8 Å². The van der Waals surface area contributed by atoms with E-state index >= 15 is 0 Å². The molecule has 4 nitrogen and oxygen atoms in total. The predicted molar refractivity (Wildman–Crippen MR) is 91.1 cm³/mol. The van der Waals surface area contributed by atoms with Gasteiger partial charge in [-0.1, -0.05) is 45.4 Å². The molecule has 1 saturated heterocycles. The summed E-state index contributed by atoms with van der Waals surface area (Å²) in [6.45, 7) is 8.26. The quantitative estimate of drug-likeness (QED) is 0.814. The van der Waals surface area contributed by atoms with Crippen LogP contribution < -0.4 is 0 Å². The molecule has 0 bridgehead atoms. The first-order valence-corrected chi connectivity index (χ1v) is 9.97. The maximum atomic E-state index is 14.8. The summed E-state index contributed by atoms with van der Waals surface area (Å²) >= 11 is 0. The number of hydrogen-bond acceptors (Lipinski definition) is 4. The molecule has 1 heterocycles. The van der Waals surface area contributed by atoms with Crippen molar-refractivity contribution in [1.29, 1.82) is 0 Å². The van der Waals surface area contributed by atoms with Gasteiger partial charge in [0.1, 0.15) is 5.25 Å². The lowest BCUT2D eigenvalue weighted by atomic mass is 9.94. The topological polar surface area (TPSA) is 46.6 Å². The van der Waals surface area contributed by atoms with Gasteiger partial charge in [0.2, 0.25) is 0 Å². The van der Waals surface area contributed by atoms with Gasteiger partial charge in [0, 0.05) is 7.05 Å². The van der Waals surface area contributed by atoms with E-state index in [9.17, 15) is 17.2 Å². The number of benzene rings is 1.